The maximum atomic E-state index is 10.5. The molecule has 0 saturated heterocycles. The van der Waals surface area contributed by atoms with E-state index in [0.717, 1.165) is 5.56 Å². The van der Waals surface area contributed by atoms with Crippen LogP contribution in [0.15, 0.2) is 16.8 Å². The van der Waals surface area contributed by atoms with Crippen LogP contribution in [0.5, 0.6) is 0 Å². The summed E-state index contributed by atoms with van der Waals surface area (Å²) in [7, 11) is 0. The molecule has 1 atom stereocenters. The molecule has 0 aromatic carbocycles. The van der Waals surface area contributed by atoms with Crippen LogP contribution in [0.3, 0.4) is 0 Å². The Bertz CT molecular complexity index is 218. The second kappa shape index (κ2) is 2.84. The van der Waals surface area contributed by atoms with Crippen LogP contribution in [0, 0.1) is 0 Å². The monoisotopic (exact) mass is 154 g/mol. The average Bonchev–Trinajstić information content (AvgIpc) is 2.36. The van der Waals surface area contributed by atoms with Crippen molar-refractivity contribution < 1.29 is 4.79 Å². The lowest BCUT2D eigenvalue weighted by Gasteiger charge is -2.00. The lowest BCUT2D eigenvalue weighted by Crippen LogP contribution is -2.07. The van der Waals surface area contributed by atoms with Crippen molar-refractivity contribution in [2.24, 2.45) is 0 Å². The second-order valence-electron chi connectivity index (χ2n) is 2.14. The highest BCUT2D eigenvalue weighted by molar-refractivity contribution is 7.08. The Hall–Kier alpha value is -0.830. The fourth-order valence-corrected chi connectivity index (χ4v) is 1.43. The summed E-state index contributed by atoms with van der Waals surface area (Å²) in [6, 6.07) is 1.88. The van der Waals surface area contributed by atoms with Gasteiger partial charge in [-0.15, -0.1) is 0 Å². The van der Waals surface area contributed by atoms with Crippen molar-refractivity contribution in [3.8, 4) is 0 Å². The van der Waals surface area contributed by atoms with Gasteiger partial charge in [0, 0.05) is 0 Å². The van der Waals surface area contributed by atoms with E-state index in [4.69, 9.17) is 5.73 Å². The molecule has 0 saturated carbocycles. The zero-order valence-corrected chi connectivity index (χ0v) is 6.44. The van der Waals surface area contributed by atoms with Gasteiger partial charge in [-0.1, -0.05) is 0 Å². The summed E-state index contributed by atoms with van der Waals surface area (Å²) in [4.78, 5) is 10.5. The van der Waals surface area contributed by atoms with E-state index in [-0.39, 0.29) is 5.92 Å². The van der Waals surface area contributed by atoms with Gasteiger partial charge in [-0.3, -0.25) is 10.5 Å². The zero-order chi connectivity index (χ0) is 7.56. The number of hydrogen-bond acceptors (Lipinski definition) is 2. The van der Waals surface area contributed by atoms with Crippen LogP contribution in [-0.2, 0) is 4.79 Å². The molecule has 1 aromatic rings. The second-order valence-corrected chi connectivity index (χ2v) is 2.92. The van der Waals surface area contributed by atoms with Crippen LogP contribution < -0.4 is 5.73 Å². The van der Waals surface area contributed by atoms with E-state index < -0.39 is 5.91 Å². The molecule has 0 spiro atoms. The Labute approximate surface area is 63.7 Å². The van der Waals surface area contributed by atoms with Crippen LogP contribution in [0.4, 0.5) is 0 Å². The minimum atomic E-state index is -0.515. The Morgan fingerprint density at radius 2 is 2.50 bits per heavy atom. The Balaban J connectivity index is 2.77. The number of rotatable bonds is 2. The van der Waals surface area contributed by atoms with Crippen molar-refractivity contribution in [2.45, 2.75) is 12.8 Å². The van der Waals surface area contributed by atoms with Crippen LogP contribution >= 0.6 is 11.3 Å². The van der Waals surface area contributed by atoms with Gasteiger partial charge < -0.3 is 0 Å². The van der Waals surface area contributed by atoms with E-state index >= 15 is 0 Å². The van der Waals surface area contributed by atoms with E-state index in [2.05, 4.69) is 0 Å². The highest BCUT2D eigenvalue weighted by Crippen LogP contribution is 2.17. The molecule has 0 bridgehead atoms. The molecule has 10 heavy (non-hydrogen) atoms. The third-order valence-electron chi connectivity index (χ3n) is 1.44. The number of carbonyl (C=O) groups excluding carboxylic acids is 1. The lowest BCUT2D eigenvalue weighted by molar-refractivity contribution is -0.119. The Morgan fingerprint density at radius 3 is 2.90 bits per heavy atom. The first-order valence-corrected chi connectivity index (χ1v) is 3.93. The molecule has 0 aliphatic heterocycles. The summed E-state index contributed by atoms with van der Waals surface area (Å²) in [5.41, 5.74) is 7.77. The van der Waals surface area contributed by atoms with Crippen molar-refractivity contribution in [3.63, 3.8) is 0 Å². The van der Waals surface area contributed by atoms with Crippen LogP contribution in [0.25, 0.3) is 0 Å². The normalized spacial score (nSPS) is 12.9. The van der Waals surface area contributed by atoms with Gasteiger partial charge in [0.1, 0.15) is 0 Å². The average molecular weight is 154 g/mol. The molecule has 53 valence electrons. The van der Waals surface area contributed by atoms with Crippen LogP contribution in [0.2, 0.25) is 0 Å². The molecule has 1 aromatic heterocycles. The molecular weight excluding hydrogens is 146 g/mol. The number of hydrogen-bond donors (Lipinski definition) is 0. The molecule has 1 N–H and O–H groups in total. The number of nitrogens with one attached hydrogen (secondary N) is 1. The van der Waals surface area contributed by atoms with Crippen molar-refractivity contribution in [1.82, 2.24) is 5.73 Å². The predicted octanol–water partition coefficient (Wildman–Crippen LogP) is 1.66. The van der Waals surface area contributed by atoms with Gasteiger partial charge in [0.05, 0.1) is 5.92 Å². The standard InChI is InChI=1S/C7H8NOS/c1-5(7(8)9)6-2-3-10-4-6/h2-5,8H,1H3. The largest absolute Gasteiger partial charge is 0.273 e. The van der Waals surface area contributed by atoms with Crippen molar-refractivity contribution in [3.05, 3.63) is 22.4 Å². The Kier molecular flexibility index (Phi) is 2.06. The quantitative estimate of drug-likeness (QED) is 0.638. The van der Waals surface area contributed by atoms with Gasteiger partial charge >= 0.3 is 0 Å². The summed E-state index contributed by atoms with van der Waals surface area (Å²) in [6.07, 6.45) is 0. The SMILES string of the molecule is CC(C([NH])=O)c1ccsc1. The van der Waals surface area contributed by atoms with Gasteiger partial charge in [0.15, 0.2) is 0 Å². The van der Waals surface area contributed by atoms with E-state index in [9.17, 15) is 4.79 Å². The fourth-order valence-electron chi connectivity index (χ4n) is 0.673. The van der Waals surface area contributed by atoms with Crippen LogP contribution in [0.1, 0.15) is 18.4 Å². The predicted molar refractivity (Wildman–Crippen MR) is 40.8 cm³/mol. The summed E-state index contributed by atoms with van der Waals surface area (Å²) in [6.45, 7) is 1.75. The summed E-state index contributed by atoms with van der Waals surface area (Å²) in [5, 5.41) is 3.81. The first-order chi connectivity index (χ1) is 4.72. The molecule has 1 unspecified atom stereocenters. The summed E-state index contributed by atoms with van der Waals surface area (Å²) < 4.78 is 0. The van der Waals surface area contributed by atoms with Crippen molar-refractivity contribution in [2.75, 3.05) is 0 Å². The number of amides is 1. The molecule has 0 aliphatic rings. The maximum Gasteiger partial charge on any atom is 0.245 e. The molecule has 1 amide bonds. The highest BCUT2D eigenvalue weighted by Gasteiger charge is 2.11. The molecule has 2 nitrogen and oxygen atoms in total. The van der Waals surface area contributed by atoms with Gasteiger partial charge in [0.25, 0.3) is 0 Å². The smallest absolute Gasteiger partial charge is 0.245 e. The molecular formula is C7H8NOS. The van der Waals surface area contributed by atoms with E-state index in [1.54, 1.807) is 18.3 Å². The van der Waals surface area contributed by atoms with Gasteiger partial charge in [0.2, 0.25) is 5.91 Å². The summed E-state index contributed by atoms with van der Waals surface area (Å²) >= 11 is 1.55. The zero-order valence-electron chi connectivity index (χ0n) is 5.63. The maximum absolute atomic E-state index is 10.5. The lowest BCUT2D eigenvalue weighted by atomic mass is 10.1. The molecule has 1 heterocycles. The molecule has 3 heteroatoms. The first-order valence-electron chi connectivity index (χ1n) is 2.99. The minimum absolute atomic E-state index is 0.258. The summed E-state index contributed by atoms with van der Waals surface area (Å²) in [5.74, 6) is -0.773. The van der Waals surface area contributed by atoms with Crippen molar-refractivity contribution in [1.29, 1.82) is 0 Å². The molecule has 0 fully saturated rings. The Morgan fingerprint density at radius 1 is 1.80 bits per heavy atom. The van der Waals surface area contributed by atoms with Gasteiger partial charge in [-0.05, 0) is 29.3 Å². The molecule has 1 radical (unpaired) electrons. The third-order valence-corrected chi connectivity index (χ3v) is 2.14. The van der Waals surface area contributed by atoms with E-state index in [0.29, 0.717) is 0 Å². The minimum Gasteiger partial charge on any atom is -0.273 e. The van der Waals surface area contributed by atoms with E-state index in [1.807, 2.05) is 16.8 Å². The number of carbonyl (C=O) groups is 1. The van der Waals surface area contributed by atoms with E-state index in [1.165, 1.54) is 0 Å². The van der Waals surface area contributed by atoms with Crippen molar-refractivity contribution >= 4 is 17.2 Å². The highest BCUT2D eigenvalue weighted by atomic mass is 32.1. The fraction of sp³-hybridized carbons (Fsp3) is 0.286. The molecule has 0 aliphatic carbocycles. The number of thiophene rings is 1. The first kappa shape index (κ1) is 7.28. The van der Waals surface area contributed by atoms with Gasteiger partial charge in [-0.25, -0.2) is 0 Å². The van der Waals surface area contributed by atoms with Gasteiger partial charge in [-0.2, -0.15) is 11.3 Å². The molecule has 1 rings (SSSR count). The van der Waals surface area contributed by atoms with Crippen LogP contribution in [-0.4, -0.2) is 5.91 Å². The topological polar surface area (TPSA) is 40.9 Å². The third kappa shape index (κ3) is 1.36.